The Morgan fingerprint density at radius 1 is 1.14 bits per heavy atom. The maximum atomic E-state index is 13.7. The van der Waals surface area contributed by atoms with Crippen molar-refractivity contribution in [1.82, 2.24) is 0 Å². The third-order valence-corrected chi connectivity index (χ3v) is 4.64. The molecule has 116 valence electrons. The Labute approximate surface area is 123 Å². The van der Waals surface area contributed by atoms with Gasteiger partial charge in [-0.1, -0.05) is 40.7 Å². The zero-order valence-corrected chi connectivity index (χ0v) is 13.0. The first kappa shape index (κ1) is 14.8. The number of benzene rings is 1. The van der Waals surface area contributed by atoms with Crippen LogP contribution in [0.25, 0.3) is 0 Å². The monoisotopic (exact) mass is 295 g/mol. The molecule has 2 aliphatic rings. The van der Waals surface area contributed by atoms with Crippen LogP contribution in [0, 0.1) is 16.6 Å². The van der Waals surface area contributed by atoms with Crippen LogP contribution in [0.2, 0.25) is 0 Å². The van der Waals surface area contributed by atoms with Crippen molar-refractivity contribution in [2.45, 2.75) is 46.0 Å². The standard InChI is InChI=1S/C16H21FO4/c1-13(2,3)16-14(4,5)9-19-15(16,20-21-16)10-6-11(17)8-12(18)7-10/h6-8,18H,9H2,1-5H3/p-1. The molecule has 0 radical (unpaired) electrons. The van der Waals surface area contributed by atoms with Gasteiger partial charge in [0, 0.05) is 16.4 Å². The van der Waals surface area contributed by atoms with E-state index in [1.807, 2.05) is 34.6 Å². The lowest BCUT2D eigenvalue weighted by atomic mass is 9.57. The second kappa shape index (κ2) is 3.97. The van der Waals surface area contributed by atoms with Crippen LogP contribution in [0.1, 0.15) is 40.2 Å². The van der Waals surface area contributed by atoms with Crippen molar-refractivity contribution >= 4 is 0 Å². The highest BCUT2D eigenvalue weighted by atomic mass is 19.1. The summed E-state index contributed by atoms with van der Waals surface area (Å²) in [6.45, 7) is 10.5. The van der Waals surface area contributed by atoms with Gasteiger partial charge in [0.05, 0.1) is 6.61 Å². The summed E-state index contributed by atoms with van der Waals surface area (Å²) in [5.41, 5.74) is -1.11. The fraction of sp³-hybridized carbons (Fsp3) is 0.625. The Hall–Kier alpha value is -1.17. The number of hydrogen-bond donors (Lipinski definition) is 0. The number of halogens is 1. The second-order valence-electron chi connectivity index (χ2n) is 7.56. The van der Waals surface area contributed by atoms with Crippen molar-refractivity contribution < 1.29 is 24.0 Å². The van der Waals surface area contributed by atoms with E-state index in [1.54, 1.807) is 0 Å². The smallest absolute Gasteiger partial charge is 0.261 e. The Bertz CT molecular complexity index is 572. The van der Waals surface area contributed by atoms with Crippen LogP contribution >= 0.6 is 0 Å². The van der Waals surface area contributed by atoms with Crippen LogP contribution in [0.5, 0.6) is 5.75 Å². The Balaban J connectivity index is 2.21. The molecule has 4 nitrogen and oxygen atoms in total. The Kier molecular flexibility index (Phi) is 2.79. The van der Waals surface area contributed by atoms with Gasteiger partial charge in [0.15, 0.2) is 5.60 Å². The Morgan fingerprint density at radius 3 is 2.29 bits per heavy atom. The van der Waals surface area contributed by atoms with E-state index >= 15 is 0 Å². The van der Waals surface area contributed by atoms with Crippen molar-refractivity contribution in [3.8, 4) is 5.75 Å². The van der Waals surface area contributed by atoms with Gasteiger partial charge in [-0.3, -0.25) is 0 Å². The molecule has 2 unspecified atom stereocenters. The highest BCUT2D eigenvalue weighted by molar-refractivity contribution is 5.37. The average Bonchev–Trinajstić information content (AvgIpc) is 2.39. The fourth-order valence-corrected chi connectivity index (χ4v) is 3.99. The topological polar surface area (TPSA) is 50.8 Å². The van der Waals surface area contributed by atoms with Gasteiger partial charge in [0.2, 0.25) is 0 Å². The van der Waals surface area contributed by atoms with E-state index in [0.29, 0.717) is 12.2 Å². The van der Waals surface area contributed by atoms with Gasteiger partial charge in [-0.25, -0.2) is 9.28 Å². The second-order valence-corrected chi connectivity index (χ2v) is 7.56. The molecule has 21 heavy (non-hydrogen) atoms. The molecule has 2 aliphatic heterocycles. The van der Waals surface area contributed by atoms with Crippen molar-refractivity contribution in [3.63, 3.8) is 0 Å². The summed E-state index contributed by atoms with van der Waals surface area (Å²) in [5.74, 6) is -2.25. The minimum absolute atomic E-state index is 0.333. The summed E-state index contributed by atoms with van der Waals surface area (Å²) in [6, 6.07) is 3.58. The maximum Gasteiger partial charge on any atom is 0.261 e. The molecule has 0 aliphatic carbocycles. The number of ether oxygens (including phenoxy) is 1. The zero-order chi connectivity index (χ0) is 15.7. The fourth-order valence-electron chi connectivity index (χ4n) is 3.99. The van der Waals surface area contributed by atoms with E-state index in [9.17, 15) is 9.50 Å². The van der Waals surface area contributed by atoms with Crippen LogP contribution in [0.15, 0.2) is 18.2 Å². The first-order chi connectivity index (χ1) is 9.56. The molecule has 0 amide bonds. The van der Waals surface area contributed by atoms with Crippen molar-refractivity contribution in [2.75, 3.05) is 6.61 Å². The number of hydrogen-bond acceptors (Lipinski definition) is 4. The first-order valence-corrected chi connectivity index (χ1v) is 7.05. The molecule has 5 heteroatoms. The molecule has 2 atom stereocenters. The highest BCUT2D eigenvalue weighted by Gasteiger charge is 2.81. The molecule has 1 aromatic carbocycles. The molecule has 2 heterocycles. The third-order valence-electron chi connectivity index (χ3n) is 4.64. The molecule has 0 aromatic heterocycles. The molecule has 0 saturated carbocycles. The zero-order valence-electron chi connectivity index (χ0n) is 13.0. The minimum atomic E-state index is -1.24. The van der Waals surface area contributed by atoms with Crippen LogP contribution < -0.4 is 5.11 Å². The van der Waals surface area contributed by atoms with Crippen molar-refractivity contribution in [2.24, 2.45) is 10.8 Å². The van der Waals surface area contributed by atoms with Crippen molar-refractivity contribution in [3.05, 3.63) is 29.6 Å². The SMILES string of the molecule is CC(C)(C)C12OOC1(c1cc([O-])cc(F)c1)OCC2(C)C. The molecule has 0 bridgehead atoms. The summed E-state index contributed by atoms with van der Waals surface area (Å²) in [5, 5.41) is 11.7. The molecule has 1 aromatic rings. The summed E-state index contributed by atoms with van der Waals surface area (Å²) in [7, 11) is 0. The summed E-state index contributed by atoms with van der Waals surface area (Å²) >= 11 is 0. The first-order valence-electron chi connectivity index (χ1n) is 7.05. The van der Waals surface area contributed by atoms with Crippen LogP contribution in [0.4, 0.5) is 4.39 Å². The lowest BCUT2D eigenvalue weighted by molar-refractivity contribution is -0.626. The van der Waals surface area contributed by atoms with E-state index in [1.165, 1.54) is 12.1 Å². The van der Waals surface area contributed by atoms with Gasteiger partial charge in [-0.05, 0) is 12.1 Å². The average molecular weight is 295 g/mol. The lowest BCUT2D eigenvalue weighted by Gasteiger charge is -2.61. The molecule has 0 spiro atoms. The largest absolute Gasteiger partial charge is 0.872 e. The maximum absolute atomic E-state index is 13.7. The van der Waals surface area contributed by atoms with Crippen LogP contribution in [-0.4, -0.2) is 12.2 Å². The number of rotatable bonds is 1. The van der Waals surface area contributed by atoms with Crippen LogP contribution in [-0.2, 0) is 20.3 Å². The normalized spacial score (nSPS) is 34.4. The van der Waals surface area contributed by atoms with E-state index in [-0.39, 0.29) is 10.8 Å². The van der Waals surface area contributed by atoms with Gasteiger partial charge in [0.1, 0.15) is 5.82 Å². The van der Waals surface area contributed by atoms with Gasteiger partial charge >= 0.3 is 0 Å². The lowest BCUT2D eigenvalue weighted by Crippen LogP contribution is -2.73. The minimum Gasteiger partial charge on any atom is -0.872 e. The summed E-state index contributed by atoms with van der Waals surface area (Å²) in [6.07, 6.45) is 0. The van der Waals surface area contributed by atoms with Crippen LogP contribution in [0.3, 0.4) is 0 Å². The molecule has 2 fully saturated rings. The molecule has 2 saturated heterocycles. The van der Waals surface area contributed by atoms with Crippen molar-refractivity contribution in [1.29, 1.82) is 0 Å². The summed E-state index contributed by atoms with van der Waals surface area (Å²) < 4.78 is 19.6. The third kappa shape index (κ3) is 1.59. The Morgan fingerprint density at radius 2 is 1.81 bits per heavy atom. The van der Waals surface area contributed by atoms with E-state index < -0.39 is 23.0 Å². The molecular formula is C16H20FO4-. The summed E-state index contributed by atoms with van der Waals surface area (Å²) in [4.78, 5) is 11.0. The molecule has 3 rings (SSSR count). The predicted molar refractivity (Wildman–Crippen MR) is 71.6 cm³/mol. The van der Waals surface area contributed by atoms with Gasteiger partial charge in [-0.15, -0.1) is 5.75 Å². The van der Waals surface area contributed by atoms with Gasteiger partial charge in [0.25, 0.3) is 5.79 Å². The van der Waals surface area contributed by atoms with Gasteiger partial charge in [-0.2, -0.15) is 4.89 Å². The van der Waals surface area contributed by atoms with E-state index in [4.69, 9.17) is 14.5 Å². The number of fused-ring (bicyclic) bond motifs is 1. The molecule has 0 N–H and O–H groups in total. The highest BCUT2D eigenvalue weighted by Crippen LogP contribution is 2.69. The molecular weight excluding hydrogens is 275 g/mol. The predicted octanol–water partition coefficient (Wildman–Crippen LogP) is 2.86. The van der Waals surface area contributed by atoms with E-state index in [0.717, 1.165) is 6.07 Å². The van der Waals surface area contributed by atoms with E-state index in [2.05, 4.69) is 0 Å². The quantitative estimate of drug-likeness (QED) is 0.748. The van der Waals surface area contributed by atoms with Gasteiger partial charge < -0.3 is 9.84 Å².